The molecular formula is C12H21NO3. The zero-order valence-electron chi connectivity index (χ0n) is 10.1. The Labute approximate surface area is 96.6 Å². The highest BCUT2D eigenvalue weighted by Crippen LogP contribution is 2.28. The average molecular weight is 227 g/mol. The molecule has 0 saturated heterocycles. The summed E-state index contributed by atoms with van der Waals surface area (Å²) in [7, 11) is 1.57. The lowest BCUT2D eigenvalue weighted by Crippen LogP contribution is -2.40. The lowest BCUT2D eigenvalue weighted by Gasteiger charge is -2.22. The number of carboxylic acid groups (broad SMARTS) is 1. The molecule has 0 aromatic rings. The number of carboxylic acids is 1. The van der Waals surface area contributed by atoms with Crippen molar-refractivity contribution < 1.29 is 14.7 Å². The Hall–Kier alpha value is -1.06. The highest BCUT2D eigenvalue weighted by molar-refractivity contribution is 5.83. The van der Waals surface area contributed by atoms with E-state index >= 15 is 0 Å². The number of aliphatic carboxylic acids is 1. The van der Waals surface area contributed by atoms with E-state index in [4.69, 9.17) is 5.11 Å². The van der Waals surface area contributed by atoms with Gasteiger partial charge in [0.15, 0.2) is 0 Å². The molecule has 0 bridgehead atoms. The second kappa shape index (κ2) is 5.87. The zero-order valence-corrected chi connectivity index (χ0v) is 10.1. The first-order valence-electron chi connectivity index (χ1n) is 6.01. The van der Waals surface area contributed by atoms with E-state index < -0.39 is 12.0 Å². The van der Waals surface area contributed by atoms with Gasteiger partial charge in [-0.3, -0.25) is 4.79 Å². The first-order chi connectivity index (χ1) is 7.52. The molecule has 1 rings (SSSR count). The van der Waals surface area contributed by atoms with Crippen molar-refractivity contribution in [1.29, 1.82) is 0 Å². The first-order valence-corrected chi connectivity index (χ1v) is 6.01. The van der Waals surface area contributed by atoms with Gasteiger partial charge in [0, 0.05) is 13.5 Å². The SMILES string of the molecule is CC(C(=O)O)N(C)C(=O)CCC1CCCC1. The molecule has 1 amide bonds. The summed E-state index contributed by atoms with van der Waals surface area (Å²) in [6.45, 7) is 1.54. The molecule has 0 spiro atoms. The lowest BCUT2D eigenvalue weighted by atomic mass is 10.0. The van der Waals surface area contributed by atoms with E-state index in [9.17, 15) is 9.59 Å². The van der Waals surface area contributed by atoms with Crippen LogP contribution in [0.15, 0.2) is 0 Å². The molecule has 1 aliphatic rings. The average Bonchev–Trinajstić information content (AvgIpc) is 2.76. The van der Waals surface area contributed by atoms with Gasteiger partial charge in [-0.1, -0.05) is 25.7 Å². The first kappa shape index (κ1) is 13.0. The van der Waals surface area contributed by atoms with Crippen LogP contribution < -0.4 is 0 Å². The topological polar surface area (TPSA) is 57.6 Å². The monoisotopic (exact) mass is 227 g/mol. The molecule has 0 heterocycles. The summed E-state index contributed by atoms with van der Waals surface area (Å²) in [5.74, 6) is -0.323. The van der Waals surface area contributed by atoms with E-state index in [0.29, 0.717) is 12.3 Å². The minimum Gasteiger partial charge on any atom is -0.480 e. The van der Waals surface area contributed by atoms with Gasteiger partial charge >= 0.3 is 5.97 Å². The molecule has 1 atom stereocenters. The molecule has 1 aliphatic carbocycles. The zero-order chi connectivity index (χ0) is 12.1. The van der Waals surface area contributed by atoms with Crippen molar-refractivity contribution >= 4 is 11.9 Å². The summed E-state index contributed by atoms with van der Waals surface area (Å²) in [6.07, 6.45) is 6.41. The third kappa shape index (κ3) is 3.51. The molecule has 1 saturated carbocycles. The van der Waals surface area contributed by atoms with Crippen molar-refractivity contribution in [3.8, 4) is 0 Å². The third-order valence-electron chi connectivity index (χ3n) is 3.57. The van der Waals surface area contributed by atoms with Crippen molar-refractivity contribution in [1.82, 2.24) is 4.90 Å². The van der Waals surface area contributed by atoms with E-state index in [1.54, 1.807) is 7.05 Å². The minimum absolute atomic E-state index is 0.0539. The van der Waals surface area contributed by atoms with Crippen LogP contribution >= 0.6 is 0 Å². The van der Waals surface area contributed by atoms with Crippen LogP contribution in [0.25, 0.3) is 0 Å². The van der Waals surface area contributed by atoms with Crippen LogP contribution in [0, 0.1) is 5.92 Å². The highest BCUT2D eigenvalue weighted by Gasteiger charge is 2.23. The minimum atomic E-state index is -0.947. The molecule has 0 aromatic carbocycles. The smallest absolute Gasteiger partial charge is 0.326 e. The Balaban J connectivity index is 2.30. The Morgan fingerprint density at radius 3 is 2.44 bits per heavy atom. The van der Waals surface area contributed by atoms with Gasteiger partial charge in [0.1, 0.15) is 6.04 Å². The number of hydrogen-bond donors (Lipinski definition) is 1. The van der Waals surface area contributed by atoms with Crippen molar-refractivity contribution in [3.05, 3.63) is 0 Å². The van der Waals surface area contributed by atoms with Crippen molar-refractivity contribution in [2.45, 2.75) is 51.5 Å². The Kier molecular flexibility index (Phi) is 4.77. The number of hydrogen-bond acceptors (Lipinski definition) is 2. The summed E-state index contributed by atoms with van der Waals surface area (Å²) in [5.41, 5.74) is 0. The van der Waals surface area contributed by atoms with E-state index in [1.165, 1.54) is 37.5 Å². The molecular weight excluding hydrogens is 206 g/mol. The van der Waals surface area contributed by atoms with Crippen molar-refractivity contribution in [2.75, 3.05) is 7.05 Å². The number of carbonyl (C=O) groups is 2. The van der Waals surface area contributed by atoms with Crippen LogP contribution in [0.4, 0.5) is 0 Å². The molecule has 1 fully saturated rings. The molecule has 16 heavy (non-hydrogen) atoms. The molecule has 92 valence electrons. The fraction of sp³-hybridized carbons (Fsp3) is 0.833. The molecule has 4 nitrogen and oxygen atoms in total. The highest BCUT2D eigenvalue weighted by atomic mass is 16.4. The van der Waals surface area contributed by atoms with E-state index in [1.807, 2.05) is 0 Å². The van der Waals surface area contributed by atoms with Gasteiger partial charge in [0.25, 0.3) is 0 Å². The van der Waals surface area contributed by atoms with Gasteiger partial charge in [-0.15, -0.1) is 0 Å². The van der Waals surface area contributed by atoms with E-state index in [-0.39, 0.29) is 5.91 Å². The predicted octanol–water partition coefficient (Wildman–Crippen LogP) is 1.89. The number of amides is 1. The van der Waals surface area contributed by atoms with Gasteiger partial charge in [-0.2, -0.15) is 0 Å². The fourth-order valence-electron chi connectivity index (χ4n) is 2.18. The van der Waals surface area contributed by atoms with Gasteiger partial charge in [0.2, 0.25) is 5.91 Å². The fourth-order valence-corrected chi connectivity index (χ4v) is 2.18. The summed E-state index contributed by atoms with van der Waals surface area (Å²) >= 11 is 0. The quantitative estimate of drug-likeness (QED) is 0.780. The van der Waals surface area contributed by atoms with Crippen LogP contribution in [-0.4, -0.2) is 35.0 Å². The number of rotatable bonds is 5. The van der Waals surface area contributed by atoms with Gasteiger partial charge in [-0.05, 0) is 19.3 Å². The maximum Gasteiger partial charge on any atom is 0.326 e. The molecule has 4 heteroatoms. The number of likely N-dealkylation sites (N-methyl/N-ethyl adjacent to an activating group) is 1. The number of nitrogens with zero attached hydrogens (tertiary/aromatic N) is 1. The van der Waals surface area contributed by atoms with Crippen LogP contribution in [0.3, 0.4) is 0 Å². The number of carbonyl (C=O) groups excluding carboxylic acids is 1. The van der Waals surface area contributed by atoms with Crippen LogP contribution in [0.5, 0.6) is 0 Å². The predicted molar refractivity (Wildman–Crippen MR) is 61.1 cm³/mol. The van der Waals surface area contributed by atoms with E-state index in [0.717, 1.165) is 6.42 Å². The summed E-state index contributed by atoms with van der Waals surface area (Å²) in [6, 6.07) is -0.726. The van der Waals surface area contributed by atoms with Gasteiger partial charge in [0.05, 0.1) is 0 Å². The normalized spacial score (nSPS) is 18.4. The Morgan fingerprint density at radius 1 is 1.38 bits per heavy atom. The maximum atomic E-state index is 11.7. The standard InChI is InChI=1S/C12H21NO3/c1-9(12(15)16)13(2)11(14)8-7-10-5-3-4-6-10/h9-10H,3-8H2,1-2H3,(H,15,16). The largest absolute Gasteiger partial charge is 0.480 e. The maximum absolute atomic E-state index is 11.7. The van der Waals surface area contributed by atoms with Crippen LogP contribution in [0.1, 0.15) is 45.4 Å². The van der Waals surface area contributed by atoms with Crippen molar-refractivity contribution in [3.63, 3.8) is 0 Å². The molecule has 1 N–H and O–H groups in total. The third-order valence-corrected chi connectivity index (χ3v) is 3.57. The van der Waals surface area contributed by atoms with Crippen LogP contribution in [-0.2, 0) is 9.59 Å². The molecule has 0 aliphatic heterocycles. The molecule has 0 radical (unpaired) electrons. The second-order valence-electron chi connectivity index (χ2n) is 4.71. The summed E-state index contributed by atoms with van der Waals surface area (Å²) < 4.78 is 0. The molecule has 0 aromatic heterocycles. The Bertz CT molecular complexity index is 259. The van der Waals surface area contributed by atoms with E-state index in [2.05, 4.69) is 0 Å². The summed E-state index contributed by atoms with van der Waals surface area (Å²) in [4.78, 5) is 23.8. The van der Waals surface area contributed by atoms with Gasteiger partial charge in [-0.25, -0.2) is 4.79 Å². The second-order valence-corrected chi connectivity index (χ2v) is 4.71. The molecule has 1 unspecified atom stereocenters. The van der Waals surface area contributed by atoms with Crippen molar-refractivity contribution in [2.24, 2.45) is 5.92 Å². The lowest BCUT2D eigenvalue weighted by molar-refractivity contribution is -0.148. The van der Waals surface area contributed by atoms with Crippen LogP contribution in [0.2, 0.25) is 0 Å². The van der Waals surface area contributed by atoms with Gasteiger partial charge < -0.3 is 10.0 Å². The Morgan fingerprint density at radius 2 is 1.94 bits per heavy atom. The summed E-state index contributed by atoms with van der Waals surface area (Å²) in [5, 5.41) is 8.79.